The molecular formula is C21H16N4O. The van der Waals surface area contributed by atoms with E-state index < -0.39 is 0 Å². The average Bonchev–Trinajstić information content (AvgIpc) is 3.19. The van der Waals surface area contributed by atoms with Gasteiger partial charge in [0.1, 0.15) is 11.7 Å². The van der Waals surface area contributed by atoms with Crippen molar-refractivity contribution in [2.45, 2.75) is 12.5 Å². The number of benzene rings is 2. The average molecular weight is 340 g/mol. The molecule has 4 rings (SSSR count). The number of terminal acetylenes is 1. The molecule has 5 nitrogen and oxygen atoms in total. The van der Waals surface area contributed by atoms with Gasteiger partial charge in [0.2, 0.25) is 5.43 Å². The monoisotopic (exact) mass is 340 g/mol. The topological polar surface area (TPSA) is 50.5 Å². The summed E-state index contributed by atoms with van der Waals surface area (Å²) in [7, 11) is 0. The van der Waals surface area contributed by atoms with Gasteiger partial charge in [-0.25, -0.2) is 4.68 Å². The van der Waals surface area contributed by atoms with Crippen LogP contribution in [0.25, 0.3) is 5.69 Å². The molecule has 0 bridgehead atoms. The van der Waals surface area contributed by atoms with Gasteiger partial charge in [0.15, 0.2) is 0 Å². The van der Waals surface area contributed by atoms with Crippen LogP contribution >= 0.6 is 0 Å². The number of aromatic nitrogens is 2. The minimum Gasteiger partial charge on any atom is -0.288 e. The predicted octanol–water partition coefficient (Wildman–Crippen LogP) is 3.15. The highest BCUT2D eigenvalue weighted by Gasteiger charge is 2.28. The van der Waals surface area contributed by atoms with E-state index in [1.807, 2.05) is 54.6 Å². The third kappa shape index (κ3) is 2.89. The number of hydrogen-bond acceptors (Lipinski definition) is 4. The fraction of sp³-hybridized carbons (Fsp3) is 0.0952. The number of nitrogens with zero attached hydrogens (tertiary/aromatic N) is 4. The summed E-state index contributed by atoms with van der Waals surface area (Å²) in [6, 6.07) is 18.5. The smallest absolute Gasteiger partial charge is 0.205 e. The largest absolute Gasteiger partial charge is 0.288 e. The van der Waals surface area contributed by atoms with E-state index in [4.69, 9.17) is 6.42 Å². The molecule has 1 unspecified atom stereocenters. The molecule has 1 aliphatic rings. The van der Waals surface area contributed by atoms with Crippen LogP contribution in [-0.4, -0.2) is 16.0 Å². The molecule has 0 spiro atoms. The van der Waals surface area contributed by atoms with Crippen molar-refractivity contribution in [1.29, 1.82) is 0 Å². The third-order valence-corrected chi connectivity index (χ3v) is 4.28. The Morgan fingerprint density at radius 2 is 1.85 bits per heavy atom. The maximum Gasteiger partial charge on any atom is 0.205 e. The lowest BCUT2D eigenvalue weighted by Crippen LogP contribution is -2.27. The van der Waals surface area contributed by atoms with Crippen LogP contribution in [0, 0.1) is 12.3 Å². The highest BCUT2D eigenvalue weighted by molar-refractivity contribution is 5.68. The summed E-state index contributed by atoms with van der Waals surface area (Å²) in [6.45, 7) is 0. The van der Waals surface area contributed by atoms with E-state index in [1.54, 1.807) is 28.2 Å². The van der Waals surface area contributed by atoms with Crippen molar-refractivity contribution in [3.05, 3.63) is 88.3 Å². The van der Waals surface area contributed by atoms with Gasteiger partial charge in [0.25, 0.3) is 0 Å². The van der Waals surface area contributed by atoms with Gasteiger partial charge in [-0.2, -0.15) is 10.2 Å². The van der Waals surface area contributed by atoms with E-state index in [0.717, 1.165) is 16.9 Å². The maximum atomic E-state index is 12.5. The zero-order valence-corrected chi connectivity index (χ0v) is 14.0. The van der Waals surface area contributed by atoms with Crippen LogP contribution < -0.4 is 10.4 Å². The SMILES string of the molecule is C#Cc1cccc(N2N=CCC2c2nn(-c3ccccc3)ccc2=O)c1. The second kappa shape index (κ2) is 6.69. The Morgan fingerprint density at radius 3 is 2.65 bits per heavy atom. The molecule has 2 aromatic carbocycles. The minimum atomic E-state index is -0.258. The van der Waals surface area contributed by atoms with E-state index >= 15 is 0 Å². The van der Waals surface area contributed by atoms with Gasteiger partial charge in [-0.3, -0.25) is 9.80 Å². The van der Waals surface area contributed by atoms with Crippen molar-refractivity contribution >= 4 is 11.9 Å². The molecule has 0 fully saturated rings. The van der Waals surface area contributed by atoms with Gasteiger partial charge in [0, 0.05) is 30.5 Å². The Labute approximate surface area is 151 Å². The molecule has 0 aliphatic carbocycles. The molecule has 0 radical (unpaired) electrons. The van der Waals surface area contributed by atoms with Gasteiger partial charge in [-0.15, -0.1) is 6.42 Å². The predicted molar refractivity (Wildman–Crippen MR) is 103 cm³/mol. The second-order valence-electron chi connectivity index (χ2n) is 5.93. The first-order chi connectivity index (χ1) is 12.8. The maximum absolute atomic E-state index is 12.5. The van der Waals surface area contributed by atoms with Crippen molar-refractivity contribution in [2.24, 2.45) is 5.10 Å². The Morgan fingerprint density at radius 1 is 1.04 bits per heavy atom. The Bertz CT molecular complexity index is 1060. The van der Waals surface area contributed by atoms with E-state index in [9.17, 15) is 4.79 Å². The van der Waals surface area contributed by atoms with E-state index in [1.165, 1.54) is 0 Å². The summed E-state index contributed by atoms with van der Waals surface area (Å²) < 4.78 is 1.71. The molecule has 1 aromatic heterocycles. The van der Waals surface area contributed by atoms with Crippen LogP contribution in [0.4, 0.5) is 5.69 Å². The number of hydrazone groups is 1. The molecule has 0 amide bonds. The molecule has 0 saturated carbocycles. The van der Waals surface area contributed by atoms with Gasteiger partial charge >= 0.3 is 0 Å². The zero-order valence-electron chi connectivity index (χ0n) is 14.0. The number of para-hydroxylation sites is 1. The molecule has 5 heteroatoms. The van der Waals surface area contributed by atoms with E-state index in [0.29, 0.717) is 12.1 Å². The third-order valence-electron chi connectivity index (χ3n) is 4.28. The number of anilines is 1. The van der Waals surface area contributed by atoms with Crippen molar-refractivity contribution in [3.63, 3.8) is 0 Å². The van der Waals surface area contributed by atoms with Crippen LogP contribution in [0.15, 0.2) is 76.8 Å². The molecule has 126 valence electrons. The molecule has 0 N–H and O–H groups in total. The Hall–Kier alpha value is -3.65. The standard InChI is InChI=1S/C21H16N4O/c1-2-16-7-6-10-18(15-16)25-19(11-13-22-25)21-20(26)12-14-24(23-21)17-8-4-3-5-9-17/h1,3-10,12-15,19H,11H2. The fourth-order valence-electron chi connectivity index (χ4n) is 3.01. The number of hydrogen-bond donors (Lipinski definition) is 0. The van der Waals surface area contributed by atoms with Crippen LogP contribution in [0.3, 0.4) is 0 Å². The summed E-state index contributed by atoms with van der Waals surface area (Å²) in [5.74, 6) is 2.63. The second-order valence-corrected chi connectivity index (χ2v) is 5.93. The fourth-order valence-corrected chi connectivity index (χ4v) is 3.01. The molecular weight excluding hydrogens is 324 g/mol. The highest BCUT2D eigenvalue weighted by Crippen LogP contribution is 2.31. The molecule has 1 aliphatic heterocycles. The van der Waals surface area contributed by atoms with Gasteiger partial charge in [-0.05, 0) is 30.3 Å². The Balaban J connectivity index is 1.75. The van der Waals surface area contributed by atoms with Gasteiger partial charge < -0.3 is 0 Å². The summed E-state index contributed by atoms with van der Waals surface area (Å²) in [6.07, 6.45) is 9.59. The zero-order chi connectivity index (χ0) is 17.9. The van der Waals surface area contributed by atoms with Gasteiger partial charge in [0.05, 0.1) is 11.4 Å². The van der Waals surface area contributed by atoms with Crippen LogP contribution in [0.1, 0.15) is 23.7 Å². The van der Waals surface area contributed by atoms with Crippen LogP contribution in [0.5, 0.6) is 0 Å². The van der Waals surface area contributed by atoms with Crippen LogP contribution in [-0.2, 0) is 0 Å². The quantitative estimate of drug-likeness (QED) is 0.688. The summed E-state index contributed by atoms with van der Waals surface area (Å²) in [5, 5.41) is 10.8. The summed E-state index contributed by atoms with van der Waals surface area (Å²) >= 11 is 0. The lowest BCUT2D eigenvalue weighted by Gasteiger charge is -2.23. The molecule has 3 aromatic rings. The van der Waals surface area contributed by atoms with Crippen molar-refractivity contribution in [3.8, 4) is 18.0 Å². The molecule has 2 heterocycles. The lowest BCUT2D eigenvalue weighted by atomic mass is 10.1. The minimum absolute atomic E-state index is 0.106. The number of rotatable bonds is 3. The first kappa shape index (κ1) is 15.9. The summed E-state index contributed by atoms with van der Waals surface area (Å²) in [5.41, 5.74) is 2.86. The van der Waals surface area contributed by atoms with E-state index in [-0.39, 0.29) is 11.5 Å². The molecule has 26 heavy (non-hydrogen) atoms. The van der Waals surface area contributed by atoms with Crippen LogP contribution in [0.2, 0.25) is 0 Å². The molecule has 1 atom stereocenters. The summed E-state index contributed by atoms with van der Waals surface area (Å²) in [4.78, 5) is 12.5. The normalized spacial score (nSPS) is 15.8. The van der Waals surface area contributed by atoms with Crippen molar-refractivity contribution < 1.29 is 0 Å². The molecule has 0 saturated heterocycles. The first-order valence-corrected chi connectivity index (χ1v) is 8.30. The lowest BCUT2D eigenvalue weighted by molar-refractivity contribution is 0.644. The Kier molecular flexibility index (Phi) is 4.08. The van der Waals surface area contributed by atoms with Crippen molar-refractivity contribution in [1.82, 2.24) is 9.78 Å². The first-order valence-electron chi connectivity index (χ1n) is 8.30. The highest BCUT2D eigenvalue weighted by atomic mass is 16.1. The van der Waals surface area contributed by atoms with E-state index in [2.05, 4.69) is 16.1 Å². The van der Waals surface area contributed by atoms with Crippen molar-refractivity contribution in [2.75, 3.05) is 5.01 Å². The van der Waals surface area contributed by atoms with Gasteiger partial charge in [-0.1, -0.05) is 30.2 Å².